The molecule has 0 aliphatic carbocycles. The van der Waals surface area contributed by atoms with Gasteiger partial charge in [0.05, 0.1) is 10.9 Å². The Balaban J connectivity index is 2.05. The summed E-state index contributed by atoms with van der Waals surface area (Å²) in [7, 11) is 0. The van der Waals surface area contributed by atoms with Crippen molar-refractivity contribution in [3.8, 4) is 0 Å². The third-order valence-electron chi connectivity index (χ3n) is 3.13. The number of oxazole rings is 1. The molecular weight excluding hydrogens is 282 g/mol. The van der Waals surface area contributed by atoms with Crippen molar-refractivity contribution in [1.82, 2.24) is 4.98 Å². The summed E-state index contributed by atoms with van der Waals surface area (Å²) in [6, 6.07) is 7.67. The van der Waals surface area contributed by atoms with E-state index in [1.165, 1.54) is 5.56 Å². The Morgan fingerprint density at radius 1 is 1.42 bits per heavy atom. The van der Waals surface area contributed by atoms with Gasteiger partial charge in [-0.1, -0.05) is 13.0 Å². The molecule has 0 aliphatic heterocycles. The maximum Gasteiger partial charge on any atom is 0.417 e. The maximum absolute atomic E-state index is 11.1. The van der Waals surface area contributed by atoms with Crippen molar-refractivity contribution in [3.63, 3.8) is 0 Å². The van der Waals surface area contributed by atoms with E-state index in [9.17, 15) is 4.79 Å². The van der Waals surface area contributed by atoms with Gasteiger partial charge in [-0.15, -0.1) is 22.9 Å². The highest BCUT2D eigenvalue weighted by Gasteiger charge is 2.16. The molecule has 0 bridgehead atoms. The third kappa shape index (κ3) is 2.22. The van der Waals surface area contributed by atoms with Crippen LogP contribution in [0.2, 0.25) is 0 Å². The molecule has 1 atom stereocenters. The van der Waals surface area contributed by atoms with E-state index in [1.807, 2.05) is 18.2 Å². The fourth-order valence-electron chi connectivity index (χ4n) is 2.13. The summed E-state index contributed by atoms with van der Waals surface area (Å²) < 4.78 is 5.07. The Hall–Kier alpha value is -1.52. The lowest BCUT2D eigenvalue weighted by Gasteiger charge is -2.10. The number of benzene rings is 1. The summed E-state index contributed by atoms with van der Waals surface area (Å²) in [5.41, 5.74) is 3.44. The number of thiophene rings is 1. The van der Waals surface area contributed by atoms with Crippen LogP contribution in [0.15, 0.2) is 38.9 Å². The summed E-state index contributed by atoms with van der Waals surface area (Å²) in [5.74, 6) is -0.441. The Kier molecular flexibility index (Phi) is 3.21. The van der Waals surface area contributed by atoms with Gasteiger partial charge in [0.25, 0.3) is 0 Å². The third-order valence-corrected chi connectivity index (χ3v) is 4.75. The summed E-state index contributed by atoms with van der Waals surface area (Å²) in [5, 5.41) is 1.85. The van der Waals surface area contributed by atoms with Gasteiger partial charge in [-0.05, 0) is 41.1 Å². The van der Waals surface area contributed by atoms with Crippen molar-refractivity contribution in [2.75, 3.05) is 0 Å². The molecule has 0 radical (unpaired) electrons. The summed E-state index contributed by atoms with van der Waals surface area (Å²) in [4.78, 5) is 14.9. The van der Waals surface area contributed by atoms with Crippen LogP contribution >= 0.6 is 22.9 Å². The van der Waals surface area contributed by atoms with E-state index in [2.05, 4.69) is 23.4 Å². The molecule has 1 unspecified atom stereocenters. The number of aryl methyl sites for hydroxylation is 1. The zero-order chi connectivity index (χ0) is 13.4. The minimum atomic E-state index is -0.441. The molecule has 0 amide bonds. The van der Waals surface area contributed by atoms with E-state index < -0.39 is 5.76 Å². The van der Waals surface area contributed by atoms with E-state index in [0.29, 0.717) is 11.1 Å². The molecule has 0 aliphatic rings. The SMILES string of the molecule is CCc1ccsc1C(Cl)c1ccc2[nH]c(=O)oc2c1. The second-order valence-electron chi connectivity index (χ2n) is 4.30. The van der Waals surface area contributed by atoms with Crippen LogP contribution in [-0.2, 0) is 6.42 Å². The first kappa shape index (κ1) is 12.5. The van der Waals surface area contributed by atoms with Crippen molar-refractivity contribution in [3.05, 3.63) is 56.2 Å². The predicted octanol–water partition coefficient (Wildman–Crippen LogP) is 4.07. The van der Waals surface area contributed by atoms with Gasteiger partial charge in [0.15, 0.2) is 5.58 Å². The van der Waals surface area contributed by atoms with E-state index in [4.69, 9.17) is 16.0 Å². The molecule has 2 heterocycles. The average molecular weight is 294 g/mol. The van der Waals surface area contributed by atoms with E-state index in [-0.39, 0.29) is 5.38 Å². The standard InChI is InChI=1S/C14H12ClNO2S/c1-2-8-5-6-19-13(8)12(15)9-3-4-10-11(7-9)18-14(17)16-10/h3-7,12H,2H2,1H3,(H,16,17). The van der Waals surface area contributed by atoms with Gasteiger partial charge in [-0.2, -0.15) is 0 Å². The first-order valence-corrected chi connectivity index (χ1v) is 7.33. The lowest BCUT2D eigenvalue weighted by Crippen LogP contribution is -1.94. The van der Waals surface area contributed by atoms with Gasteiger partial charge in [0.1, 0.15) is 0 Å². The molecule has 2 aromatic heterocycles. The smallest absolute Gasteiger partial charge is 0.408 e. The van der Waals surface area contributed by atoms with Crippen molar-refractivity contribution in [2.45, 2.75) is 18.7 Å². The molecule has 5 heteroatoms. The van der Waals surface area contributed by atoms with Gasteiger partial charge in [0, 0.05) is 4.88 Å². The minimum Gasteiger partial charge on any atom is -0.408 e. The predicted molar refractivity (Wildman–Crippen MR) is 78.2 cm³/mol. The number of nitrogens with one attached hydrogen (secondary N) is 1. The fourth-order valence-corrected chi connectivity index (χ4v) is 3.56. The van der Waals surface area contributed by atoms with E-state index in [0.717, 1.165) is 16.9 Å². The Morgan fingerprint density at radius 2 is 2.26 bits per heavy atom. The Labute approximate surface area is 118 Å². The second kappa shape index (κ2) is 4.87. The van der Waals surface area contributed by atoms with Crippen LogP contribution in [0.5, 0.6) is 0 Å². The quantitative estimate of drug-likeness (QED) is 0.740. The van der Waals surface area contributed by atoms with Crippen molar-refractivity contribution < 1.29 is 4.42 Å². The number of fused-ring (bicyclic) bond motifs is 1. The monoisotopic (exact) mass is 293 g/mol. The highest BCUT2D eigenvalue weighted by molar-refractivity contribution is 7.10. The van der Waals surface area contributed by atoms with Crippen LogP contribution in [0.25, 0.3) is 11.1 Å². The number of rotatable bonds is 3. The molecule has 19 heavy (non-hydrogen) atoms. The molecule has 3 aromatic rings. The highest BCUT2D eigenvalue weighted by Crippen LogP contribution is 2.36. The zero-order valence-corrected chi connectivity index (χ0v) is 11.8. The molecule has 3 rings (SSSR count). The molecular formula is C14H12ClNO2S. The van der Waals surface area contributed by atoms with Crippen LogP contribution < -0.4 is 5.76 Å². The van der Waals surface area contributed by atoms with Crippen molar-refractivity contribution in [1.29, 1.82) is 0 Å². The molecule has 98 valence electrons. The van der Waals surface area contributed by atoms with Gasteiger partial charge in [-0.3, -0.25) is 4.98 Å². The number of H-pyrrole nitrogens is 1. The van der Waals surface area contributed by atoms with E-state index in [1.54, 1.807) is 11.3 Å². The van der Waals surface area contributed by atoms with E-state index >= 15 is 0 Å². The zero-order valence-electron chi connectivity index (χ0n) is 10.3. The summed E-state index contributed by atoms with van der Waals surface area (Å²) in [6.07, 6.45) is 0.962. The first-order chi connectivity index (χ1) is 9.19. The lowest BCUT2D eigenvalue weighted by molar-refractivity contribution is 0.555. The molecule has 1 N–H and O–H groups in total. The lowest BCUT2D eigenvalue weighted by atomic mass is 10.1. The molecule has 1 aromatic carbocycles. The molecule has 0 saturated carbocycles. The van der Waals surface area contributed by atoms with Crippen LogP contribution in [0, 0.1) is 0 Å². The largest absolute Gasteiger partial charge is 0.417 e. The fraction of sp³-hybridized carbons (Fsp3) is 0.214. The molecule has 0 fully saturated rings. The van der Waals surface area contributed by atoms with Crippen LogP contribution in [0.3, 0.4) is 0 Å². The molecule has 0 spiro atoms. The van der Waals surface area contributed by atoms with Crippen molar-refractivity contribution >= 4 is 34.0 Å². The van der Waals surface area contributed by atoms with Gasteiger partial charge < -0.3 is 4.42 Å². The number of halogens is 1. The van der Waals surface area contributed by atoms with Crippen LogP contribution in [0.4, 0.5) is 0 Å². The van der Waals surface area contributed by atoms with Gasteiger partial charge in [-0.25, -0.2) is 4.79 Å². The number of hydrogen-bond donors (Lipinski definition) is 1. The molecule has 3 nitrogen and oxygen atoms in total. The average Bonchev–Trinajstić information content (AvgIpc) is 3.01. The number of aromatic nitrogens is 1. The summed E-state index contributed by atoms with van der Waals surface area (Å²) in [6.45, 7) is 2.11. The number of hydrogen-bond acceptors (Lipinski definition) is 3. The number of alkyl halides is 1. The van der Waals surface area contributed by atoms with Crippen LogP contribution in [0.1, 0.15) is 28.3 Å². The summed E-state index contributed by atoms with van der Waals surface area (Å²) >= 11 is 8.20. The topological polar surface area (TPSA) is 46.0 Å². The van der Waals surface area contributed by atoms with Crippen LogP contribution in [-0.4, -0.2) is 4.98 Å². The Morgan fingerprint density at radius 3 is 3.05 bits per heavy atom. The minimum absolute atomic E-state index is 0.209. The van der Waals surface area contributed by atoms with Crippen molar-refractivity contribution in [2.24, 2.45) is 0 Å². The second-order valence-corrected chi connectivity index (χ2v) is 5.68. The number of aromatic amines is 1. The first-order valence-electron chi connectivity index (χ1n) is 6.02. The highest BCUT2D eigenvalue weighted by atomic mass is 35.5. The normalized spacial score (nSPS) is 12.9. The van der Waals surface area contributed by atoms with Gasteiger partial charge >= 0.3 is 5.76 Å². The van der Waals surface area contributed by atoms with Gasteiger partial charge in [0.2, 0.25) is 0 Å². The molecule has 0 saturated heterocycles. The Bertz CT molecular complexity index is 771. The maximum atomic E-state index is 11.1.